The van der Waals surface area contributed by atoms with Gasteiger partial charge in [-0.15, -0.1) is 0 Å². The van der Waals surface area contributed by atoms with Crippen LogP contribution < -0.4 is 0 Å². The van der Waals surface area contributed by atoms with Gasteiger partial charge in [-0.25, -0.2) is 0 Å². The molecule has 0 saturated carbocycles. The molecule has 0 amide bonds. The Kier molecular flexibility index (Phi) is 2.38. The third kappa shape index (κ3) is 15.2. The van der Waals surface area contributed by atoms with Crippen LogP contribution in [0.15, 0.2) is 0 Å². The minimum absolute atomic E-state index is 4.28. The van der Waals surface area contributed by atoms with Crippen molar-refractivity contribution in [3.63, 3.8) is 0 Å². The number of rotatable bonds is 0. The third-order valence-electron chi connectivity index (χ3n) is 0. The molecule has 0 aromatic heterocycles. The van der Waals surface area contributed by atoms with Crippen molar-refractivity contribution in [1.29, 1.82) is 0 Å². The van der Waals surface area contributed by atoms with Crippen molar-refractivity contribution < 1.29 is 37.9 Å². The van der Waals surface area contributed by atoms with Gasteiger partial charge in [-0.1, -0.05) is 0 Å². The normalized spacial score (nSPS) is 6.00. The van der Waals surface area contributed by atoms with Crippen LogP contribution in [0.3, 0.4) is 0 Å². The Morgan fingerprint density at radius 2 is 1.00 bits per heavy atom. The summed E-state index contributed by atoms with van der Waals surface area (Å²) in [5.41, 5.74) is 0. The van der Waals surface area contributed by atoms with Gasteiger partial charge in [-0.3, -0.25) is 0 Å². The molecule has 0 bridgehead atoms. The van der Waals surface area contributed by atoms with Crippen LogP contribution in [0, 0.1) is 34.6 Å². The molecule has 0 radical (unpaired) electrons. The van der Waals surface area contributed by atoms with Gasteiger partial charge in [-0.05, 0) is 0 Å². The molecule has 0 aromatic rings. The van der Waals surface area contributed by atoms with E-state index in [2.05, 4.69) is 0 Å². The van der Waals surface area contributed by atoms with Crippen LogP contribution in [-0.4, -0.2) is 0 Å². The summed E-state index contributed by atoms with van der Waals surface area (Å²) in [4.78, 5) is 0. The van der Waals surface area contributed by atoms with E-state index in [9.17, 15) is 0 Å². The van der Waals surface area contributed by atoms with E-state index in [-0.39, 0.29) is 0 Å². The Morgan fingerprint density at radius 3 is 1.00 bits per heavy atom. The average molecular weight is 198 g/mol. The zero-order chi connectivity index (χ0) is 3.58. The molecule has 0 atom stereocenters. The van der Waals surface area contributed by atoms with Gasteiger partial charge < -0.3 is 0 Å². The Balaban J connectivity index is 4.65. The molecule has 0 N–H and O–H groups in total. The molecule has 0 aromatic carbocycles. The fourth-order valence-corrected chi connectivity index (χ4v) is 0. The second-order valence-corrected chi connectivity index (χ2v) is 1.51. The van der Waals surface area contributed by atoms with Gasteiger partial charge in [0.1, 0.15) is 0 Å². The van der Waals surface area contributed by atoms with Crippen LogP contribution in [0.25, 0.3) is 0 Å². The molecule has 0 aliphatic heterocycles. The standard InChI is InChI=1S/3O.Sm. The van der Waals surface area contributed by atoms with Crippen molar-refractivity contribution in [1.82, 2.24) is 0 Å². The van der Waals surface area contributed by atoms with Crippen LogP contribution in [0.5, 0.6) is 0 Å². The van der Waals surface area contributed by atoms with E-state index >= 15 is 0 Å². The van der Waals surface area contributed by atoms with E-state index in [1.165, 1.54) is 0 Å². The Morgan fingerprint density at radius 1 is 1.00 bits per heavy atom. The fraction of sp³-hybridized carbons (Fsp3) is 0. The molecule has 0 aliphatic rings. The second-order valence-electron chi connectivity index (χ2n) is 0.204. The number of hydrogen-bond acceptors (Lipinski definition) is 3. The van der Waals surface area contributed by atoms with Crippen molar-refractivity contribution in [2.45, 2.75) is 0 Å². The van der Waals surface area contributed by atoms with Gasteiger partial charge in [0.25, 0.3) is 0 Å². The van der Waals surface area contributed by atoms with E-state index in [0.29, 0.717) is 0 Å². The Bertz CT molecular complexity index is 72.7. The van der Waals surface area contributed by atoms with Gasteiger partial charge in [0.15, 0.2) is 0 Å². The topological polar surface area (TPSA) is 51.2 Å². The summed E-state index contributed by atoms with van der Waals surface area (Å²) >= 11 is -4.28. The van der Waals surface area contributed by atoms with Gasteiger partial charge in [0.05, 0.1) is 0 Å². The predicted octanol–water partition coefficient (Wildman–Crippen LogP) is -0.356. The molecular weight excluding hydrogens is 198 g/mol. The second kappa shape index (κ2) is 2.01. The van der Waals surface area contributed by atoms with E-state index in [1.54, 1.807) is 0 Å². The molecule has 24 valence electrons. The molecule has 0 spiro atoms. The van der Waals surface area contributed by atoms with Crippen molar-refractivity contribution in [2.24, 2.45) is 0 Å². The quantitative estimate of drug-likeness (QED) is 0.534. The van der Waals surface area contributed by atoms with E-state index in [1.807, 2.05) is 0 Å². The first kappa shape index (κ1) is 4.74. The first-order valence-electron chi connectivity index (χ1n) is 0.500. The first-order chi connectivity index (χ1) is 1.73. The summed E-state index contributed by atoms with van der Waals surface area (Å²) in [6.45, 7) is 0. The minimum atomic E-state index is -4.28. The maximum absolute atomic E-state index is 8.61. The van der Waals surface area contributed by atoms with Crippen molar-refractivity contribution in [3.05, 3.63) is 0 Å². The van der Waals surface area contributed by atoms with E-state index in [4.69, 9.17) is 3.32 Å². The van der Waals surface area contributed by atoms with Crippen molar-refractivity contribution in [2.75, 3.05) is 0 Å². The maximum atomic E-state index is 8.61. The Labute approximate surface area is 37.5 Å². The zero-order valence-corrected chi connectivity index (χ0v) is 4.25. The van der Waals surface area contributed by atoms with Crippen LogP contribution in [-0.2, 0) is 3.32 Å². The molecule has 4 heteroatoms. The molecule has 0 aliphatic carbocycles. The van der Waals surface area contributed by atoms with Crippen LogP contribution in [0.1, 0.15) is 0 Å². The summed E-state index contributed by atoms with van der Waals surface area (Å²) in [6.07, 6.45) is 0. The van der Waals surface area contributed by atoms with Gasteiger partial charge in [-0.2, -0.15) is 0 Å². The summed E-state index contributed by atoms with van der Waals surface area (Å²) in [7, 11) is 0. The van der Waals surface area contributed by atoms with Crippen LogP contribution >= 0.6 is 0 Å². The molecular formula is O3Sm. The number of hydrogen-bond donors (Lipinski definition) is 0. The zero-order valence-electron chi connectivity index (χ0n) is 1.63. The predicted molar refractivity (Wildman–Crippen MR) is 2.06 cm³/mol. The van der Waals surface area contributed by atoms with E-state index < -0.39 is 34.6 Å². The molecule has 0 fully saturated rings. The SMILES string of the molecule is [O]=[Sm](=[O])=[O]. The Hall–Kier alpha value is 0.738. The molecule has 4 heavy (non-hydrogen) atoms. The third-order valence-corrected chi connectivity index (χ3v) is 0. The first-order valence-corrected chi connectivity index (χ1v) is 3.71. The summed E-state index contributed by atoms with van der Waals surface area (Å²) in [5.74, 6) is 0. The molecule has 0 unspecified atom stereocenters. The molecule has 0 rings (SSSR count). The van der Waals surface area contributed by atoms with Gasteiger partial charge in [0, 0.05) is 0 Å². The molecule has 0 saturated heterocycles. The molecule has 3 nitrogen and oxygen atoms in total. The summed E-state index contributed by atoms with van der Waals surface area (Å²) in [5, 5.41) is 0. The van der Waals surface area contributed by atoms with Crippen LogP contribution in [0.2, 0.25) is 0 Å². The molecule has 0 heterocycles. The monoisotopic (exact) mass is 200 g/mol. The summed E-state index contributed by atoms with van der Waals surface area (Å²) < 4.78 is 25.8. The summed E-state index contributed by atoms with van der Waals surface area (Å²) in [6, 6.07) is 0. The average Bonchev–Trinajstić information content (AvgIpc) is 0.811. The van der Waals surface area contributed by atoms with Crippen molar-refractivity contribution >= 4 is 0 Å². The van der Waals surface area contributed by atoms with E-state index in [0.717, 1.165) is 0 Å². The van der Waals surface area contributed by atoms with Crippen molar-refractivity contribution in [3.8, 4) is 0 Å². The fourth-order valence-electron chi connectivity index (χ4n) is 0. The van der Waals surface area contributed by atoms with Gasteiger partial charge in [0.2, 0.25) is 0 Å². The van der Waals surface area contributed by atoms with Gasteiger partial charge >= 0.3 is 37.9 Å². The van der Waals surface area contributed by atoms with Crippen LogP contribution in [0.4, 0.5) is 0 Å².